The van der Waals surface area contributed by atoms with Crippen LogP contribution in [0.1, 0.15) is 26.2 Å². The van der Waals surface area contributed by atoms with Gasteiger partial charge in [-0.1, -0.05) is 6.92 Å². The van der Waals surface area contributed by atoms with Crippen molar-refractivity contribution in [1.82, 2.24) is 10.2 Å². The lowest BCUT2D eigenvalue weighted by Gasteiger charge is -2.15. The average molecular weight is 250 g/mol. The van der Waals surface area contributed by atoms with E-state index in [0.29, 0.717) is 6.54 Å². The maximum absolute atomic E-state index is 10.9. The number of unbranched alkanes of at least 4 members (excludes halogenated alkanes) is 1. The summed E-state index contributed by atoms with van der Waals surface area (Å²) in [6, 6.07) is 0. The van der Waals surface area contributed by atoms with Crippen molar-refractivity contribution in [2.24, 2.45) is 0 Å². The number of hydrogen-bond donors (Lipinski definition) is 1. The fourth-order valence-electron chi connectivity index (χ4n) is 1.37. The Morgan fingerprint density at radius 2 is 1.81 bits per heavy atom. The summed E-state index contributed by atoms with van der Waals surface area (Å²) < 4.78 is 21.9. The van der Waals surface area contributed by atoms with E-state index in [9.17, 15) is 8.42 Å². The van der Waals surface area contributed by atoms with Gasteiger partial charge in [-0.15, -0.1) is 0 Å². The first-order chi connectivity index (χ1) is 7.45. The zero-order valence-electron chi connectivity index (χ0n) is 10.8. The van der Waals surface area contributed by atoms with E-state index < -0.39 is 9.84 Å². The average Bonchev–Trinajstić information content (AvgIpc) is 2.19. The first kappa shape index (κ1) is 15.9. The maximum Gasteiger partial charge on any atom is 0.148 e. The van der Waals surface area contributed by atoms with Gasteiger partial charge in [-0.05, 0) is 45.9 Å². The van der Waals surface area contributed by atoms with Crippen LogP contribution in [0.15, 0.2) is 0 Å². The van der Waals surface area contributed by atoms with Crippen molar-refractivity contribution in [3.63, 3.8) is 0 Å². The predicted molar refractivity (Wildman–Crippen MR) is 69.6 cm³/mol. The van der Waals surface area contributed by atoms with Crippen molar-refractivity contribution in [1.29, 1.82) is 0 Å². The molecule has 98 valence electrons. The number of nitrogens with one attached hydrogen (secondary N) is 1. The van der Waals surface area contributed by atoms with E-state index >= 15 is 0 Å². The molecular formula is C11H26N2O2S. The van der Waals surface area contributed by atoms with E-state index in [4.69, 9.17) is 0 Å². The molecule has 0 heterocycles. The van der Waals surface area contributed by atoms with Crippen molar-refractivity contribution in [3.05, 3.63) is 0 Å². The first-order valence-corrected chi connectivity index (χ1v) is 8.08. The number of sulfone groups is 1. The first-order valence-electron chi connectivity index (χ1n) is 6.02. The van der Waals surface area contributed by atoms with Crippen LogP contribution in [0.3, 0.4) is 0 Å². The number of hydrogen-bond acceptors (Lipinski definition) is 4. The summed E-state index contributed by atoms with van der Waals surface area (Å²) in [6.45, 7) is 5.92. The molecule has 0 bridgehead atoms. The lowest BCUT2D eigenvalue weighted by Crippen LogP contribution is -2.27. The second-order valence-corrected chi connectivity index (χ2v) is 6.65. The Kier molecular flexibility index (Phi) is 8.89. The molecule has 0 unspecified atom stereocenters. The van der Waals surface area contributed by atoms with Gasteiger partial charge in [0.05, 0.1) is 5.75 Å². The fourth-order valence-corrected chi connectivity index (χ4v) is 2.01. The van der Waals surface area contributed by atoms with Crippen molar-refractivity contribution in [2.45, 2.75) is 26.2 Å². The van der Waals surface area contributed by atoms with Crippen molar-refractivity contribution in [2.75, 3.05) is 45.2 Å². The van der Waals surface area contributed by atoms with Gasteiger partial charge in [0, 0.05) is 12.8 Å². The lowest BCUT2D eigenvalue weighted by molar-refractivity contribution is 0.342. The molecule has 0 saturated carbocycles. The van der Waals surface area contributed by atoms with Crippen LogP contribution in [-0.4, -0.2) is 58.6 Å². The SMILES string of the molecule is CCCNCCCCN(C)CCS(C)(=O)=O. The Balaban J connectivity index is 3.34. The summed E-state index contributed by atoms with van der Waals surface area (Å²) in [5.74, 6) is 0.261. The number of nitrogens with zero attached hydrogens (tertiary/aromatic N) is 1. The van der Waals surface area contributed by atoms with Crippen molar-refractivity contribution < 1.29 is 8.42 Å². The smallest absolute Gasteiger partial charge is 0.148 e. The van der Waals surface area contributed by atoms with Gasteiger partial charge in [-0.25, -0.2) is 8.42 Å². The van der Waals surface area contributed by atoms with Gasteiger partial charge in [-0.3, -0.25) is 0 Å². The molecule has 0 aromatic carbocycles. The van der Waals surface area contributed by atoms with Crippen molar-refractivity contribution >= 4 is 9.84 Å². The zero-order chi connectivity index (χ0) is 12.4. The fraction of sp³-hybridized carbons (Fsp3) is 1.00. The minimum absolute atomic E-state index is 0.261. The molecule has 0 spiro atoms. The summed E-state index contributed by atoms with van der Waals surface area (Å²) in [7, 11) is -0.839. The third-order valence-electron chi connectivity index (χ3n) is 2.41. The quantitative estimate of drug-likeness (QED) is 0.581. The van der Waals surface area contributed by atoms with Crippen molar-refractivity contribution in [3.8, 4) is 0 Å². The van der Waals surface area contributed by atoms with Crippen LogP contribution in [0, 0.1) is 0 Å². The van der Waals surface area contributed by atoms with Gasteiger partial charge < -0.3 is 10.2 Å². The molecule has 0 fully saturated rings. The molecule has 0 radical (unpaired) electrons. The van der Waals surface area contributed by atoms with Crippen LogP contribution < -0.4 is 5.32 Å². The highest BCUT2D eigenvalue weighted by molar-refractivity contribution is 7.90. The van der Waals surface area contributed by atoms with Gasteiger partial charge in [0.2, 0.25) is 0 Å². The Hall–Kier alpha value is -0.130. The van der Waals surface area contributed by atoms with Crippen LogP contribution in [0.5, 0.6) is 0 Å². The standard InChI is InChI=1S/C11H26N2O2S/c1-4-7-12-8-5-6-9-13(2)10-11-16(3,14)15/h12H,4-11H2,1-3H3. The highest BCUT2D eigenvalue weighted by atomic mass is 32.2. The summed E-state index contributed by atoms with van der Waals surface area (Å²) in [5.41, 5.74) is 0. The molecule has 0 aliphatic rings. The molecule has 0 amide bonds. The Morgan fingerprint density at radius 3 is 2.38 bits per heavy atom. The van der Waals surface area contributed by atoms with E-state index in [1.807, 2.05) is 7.05 Å². The highest BCUT2D eigenvalue weighted by Gasteiger charge is 2.04. The Labute approximate surface area is 100 Å². The van der Waals surface area contributed by atoms with E-state index in [2.05, 4.69) is 17.1 Å². The summed E-state index contributed by atoms with van der Waals surface area (Å²) in [6.07, 6.45) is 4.74. The third-order valence-corrected chi connectivity index (χ3v) is 3.34. The monoisotopic (exact) mass is 250 g/mol. The van der Waals surface area contributed by atoms with Gasteiger partial charge >= 0.3 is 0 Å². The van der Waals surface area contributed by atoms with E-state index in [-0.39, 0.29) is 5.75 Å². The topological polar surface area (TPSA) is 49.4 Å². The highest BCUT2D eigenvalue weighted by Crippen LogP contribution is 1.93. The lowest BCUT2D eigenvalue weighted by atomic mass is 10.3. The van der Waals surface area contributed by atoms with Crippen LogP contribution in [0.4, 0.5) is 0 Å². The zero-order valence-corrected chi connectivity index (χ0v) is 11.6. The Bertz CT molecular complexity index is 253. The molecule has 0 aromatic heterocycles. The Morgan fingerprint density at radius 1 is 1.12 bits per heavy atom. The van der Waals surface area contributed by atoms with Crippen LogP contribution in [0.25, 0.3) is 0 Å². The summed E-state index contributed by atoms with van der Waals surface area (Å²) in [4.78, 5) is 2.08. The molecule has 4 nitrogen and oxygen atoms in total. The van der Waals surface area contributed by atoms with Gasteiger partial charge in [0.1, 0.15) is 9.84 Å². The van der Waals surface area contributed by atoms with Crippen LogP contribution in [0.2, 0.25) is 0 Å². The largest absolute Gasteiger partial charge is 0.317 e. The van der Waals surface area contributed by atoms with E-state index in [0.717, 1.165) is 32.5 Å². The molecule has 0 aromatic rings. The maximum atomic E-state index is 10.9. The number of rotatable bonds is 10. The minimum Gasteiger partial charge on any atom is -0.317 e. The molecular weight excluding hydrogens is 224 g/mol. The second-order valence-electron chi connectivity index (χ2n) is 4.39. The predicted octanol–water partition coefficient (Wildman–Crippen LogP) is 0.743. The molecule has 5 heteroatoms. The second kappa shape index (κ2) is 8.96. The molecule has 0 saturated heterocycles. The molecule has 1 N–H and O–H groups in total. The minimum atomic E-state index is -2.82. The van der Waals surface area contributed by atoms with Gasteiger partial charge in [-0.2, -0.15) is 0 Å². The molecule has 0 aliphatic heterocycles. The van der Waals surface area contributed by atoms with Gasteiger partial charge in [0.25, 0.3) is 0 Å². The van der Waals surface area contributed by atoms with E-state index in [1.165, 1.54) is 12.7 Å². The molecule has 0 aliphatic carbocycles. The molecule has 16 heavy (non-hydrogen) atoms. The van der Waals surface area contributed by atoms with Crippen LogP contribution >= 0.6 is 0 Å². The van der Waals surface area contributed by atoms with Crippen LogP contribution in [-0.2, 0) is 9.84 Å². The third kappa shape index (κ3) is 11.9. The summed E-state index contributed by atoms with van der Waals surface area (Å²) in [5, 5.41) is 3.35. The van der Waals surface area contributed by atoms with Gasteiger partial charge in [0.15, 0.2) is 0 Å². The van der Waals surface area contributed by atoms with E-state index in [1.54, 1.807) is 0 Å². The molecule has 0 rings (SSSR count). The normalized spacial score (nSPS) is 12.2. The molecule has 0 atom stereocenters. The summed E-state index contributed by atoms with van der Waals surface area (Å²) >= 11 is 0.